The van der Waals surface area contributed by atoms with E-state index in [0.29, 0.717) is 11.2 Å². The molecule has 2 unspecified atom stereocenters. The van der Waals surface area contributed by atoms with Gasteiger partial charge in [0, 0.05) is 17.8 Å². The summed E-state index contributed by atoms with van der Waals surface area (Å²) >= 11 is 0. The largest absolute Gasteiger partial charge is 0.466 e. The molecule has 0 saturated heterocycles. The van der Waals surface area contributed by atoms with Crippen LogP contribution in [-0.4, -0.2) is 38.9 Å². The number of aliphatic hydroxyl groups is 2. The first-order valence-corrected chi connectivity index (χ1v) is 6.07. The van der Waals surface area contributed by atoms with Crippen LogP contribution in [-0.2, 0) is 9.53 Å². The first-order valence-electron chi connectivity index (χ1n) is 6.07. The van der Waals surface area contributed by atoms with Crippen molar-refractivity contribution in [1.82, 2.24) is 9.97 Å². The number of ether oxygens (including phenoxy) is 1. The third-order valence-electron chi connectivity index (χ3n) is 2.86. The minimum absolute atomic E-state index is 0.247. The number of carbonyl (C=O) groups excluding carboxylic acids is 1. The van der Waals surface area contributed by atoms with Crippen LogP contribution in [0.1, 0.15) is 25.0 Å². The number of fused-ring (bicyclic) bond motifs is 1. The number of nitrogens with one attached hydrogen (secondary N) is 1. The molecular weight excluding hydrogens is 248 g/mol. The molecule has 19 heavy (non-hydrogen) atoms. The Morgan fingerprint density at radius 3 is 3.00 bits per heavy atom. The third kappa shape index (κ3) is 2.91. The van der Waals surface area contributed by atoms with Crippen LogP contribution >= 0.6 is 0 Å². The Morgan fingerprint density at radius 1 is 1.47 bits per heavy atom. The summed E-state index contributed by atoms with van der Waals surface area (Å²) in [5, 5.41) is 20.7. The van der Waals surface area contributed by atoms with E-state index in [1.807, 2.05) is 0 Å². The van der Waals surface area contributed by atoms with E-state index in [1.165, 1.54) is 6.20 Å². The first kappa shape index (κ1) is 13.5. The van der Waals surface area contributed by atoms with E-state index >= 15 is 0 Å². The van der Waals surface area contributed by atoms with Gasteiger partial charge in [-0.3, -0.25) is 4.79 Å². The standard InChI is InChI=1S/C13H16N2O4/c1-2-19-11(17)7-10(16)12(18)8-3-5-14-13-9(8)4-6-15-13/h3-6,10,12,16,18H,2,7H2,1H3,(H,14,15). The van der Waals surface area contributed by atoms with E-state index in [2.05, 4.69) is 9.97 Å². The fourth-order valence-electron chi connectivity index (χ4n) is 1.95. The van der Waals surface area contributed by atoms with Gasteiger partial charge >= 0.3 is 5.97 Å². The molecule has 0 aliphatic rings. The van der Waals surface area contributed by atoms with Crippen LogP contribution in [0, 0.1) is 0 Å². The molecule has 102 valence electrons. The normalized spacial score (nSPS) is 14.3. The Labute approximate surface area is 110 Å². The van der Waals surface area contributed by atoms with Gasteiger partial charge in [0.05, 0.1) is 19.1 Å². The Hall–Kier alpha value is -1.92. The monoisotopic (exact) mass is 264 g/mol. The molecule has 0 radical (unpaired) electrons. The summed E-state index contributed by atoms with van der Waals surface area (Å²) in [7, 11) is 0. The number of aromatic amines is 1. The summed E-state index contributed by atoms with van der Waals surface area (Å²) in [4.78, 5) is 18.3. The van der Waals surface area contributed by atoms with Crippen LogP contribution in [0.5, 0.6) is 0 Å². The lowest BCUT2D eigenvalue weighted by atomic mass is 10.0. The van der Waals surface area contributed by atoms with Crippen molar-refractivity contribution in [1.29, 1.82) is 0 Å². The van der Waals surface area contributed by atoms with E-state index < -0.39 is 18.2 Å². The maximum atomic E-state index is 11.3. The molecule has 0 saturated carbocycles. The predicted octanol–water partition coefficient (Wildman–Crippen LogP) is 0.910. The first-order chi connectivity index (χ1) is 9.13. The molecule has 2 aromatic rings. The van der Waals surface area contributed by atoms with Crippen molar-refractivity contribution in [3.05, 3.63) is 30.1 Å². The topological polar surface area (TPSA) is 95.4 Å². The molecule has 3 N–H and O–H groups in total. The van der Waals surface area contributed by atoms with Crippen LogP contribution in [0.15, 0.2) is 24.5 Å². The summed E-state index contributed by atoms with van der Waals surface area (Å²) < 4.78 is 4.74. The molecule has 0 amide bonds. The molecule has 6 heteroatoms. The highest BCUT2D eigenvalue weighted by atomic mass is 16.5. The Morgan fingerprint density at radius 2 is 2.26 bits per heavy atom. The number of aromatic nitrogens is 2. The second kappa shape index (κ2) is 5.81. The summed E-state index contributed by atoms with van der Waals surface area (Å²) in [5.74, 6) is -0.534. The van der Waals surface area contributed by atoms with Crippen LogP contribution in [0.25, 0.3) is 11.0 Å². The zero-order valence-electron chi connectivity index (χ0n) is 10.5. The number of esters is 1. The molecule has 2 atom stereocenters. The molecule has 0 aromatic carbocycles. The van der Waals surface area contributed by atoms with Gasteiger partial charge in [-0.05, 0) is 24.6 Å². The van der Waals surface area contributed by atoms with E-state index in [9.17, 15) is 15.0 Å². The van der Waals surface area contributed by atoms with Gasteiger partial charge in [-0.25, -0.2) is 4.98 Å². The lowest BCUT2D eigenvalue weighted by Gasteiger charge is -2.18. The van der Waals surface area contributed by atoms with Crippen molar-refractivity contribution < 1.29 is 19.7 Å². The maximum Gasteiger partial charge on any atom is 0.308 e. The summed E-state index contributed by atoms with van der Waals surface area (Å²) in [6.07, 6.45) is 0.619. The van der Waals surface area contributed by atoms with Crippen LogP contribution in [0.2, 0.25) is 0 Å². The SMILES string of the molecule is CCOC(=O)CC(O)C(O)c1ccnc2[nH]ccc12. The number of H-pyrrole nitrogens is 1. The molecule has 0 fully saturated rings. The van der Waals surface area contributed by atoms with Gasteiger partial charge in [-0.1, -0.05) is 0 Å². The van der Waals surface area contributed by atoms with Gasteiger partial charge in [0.25, 0.3) is 0 Å². The molecular formula is C13H16N2O4. The number of rotatable bonds is 5. The summed E-state index contributed by atoms with van der Waals surface area (Å²) in [6.45, 7) is 1.94. The van der Waals surface area contributed by atoms with E-state index in [0.717, 1.165) is 5.39 Å². The van der Waals surface area contributed by atoms with E-state index in [4.69, 9.17) is 4.74 Å². The van der Waals surface area contributed by atoms with Crippen molar-refractivity contribution in [3.63, 3.8) is 0 Å². The number of hydrogen-bond donors (Lipinski definition) is 3. The van der Waals surface area contributed by atoms with Crippen LogP contribution in [0.4, 0.5) is 0 Å². The molecule has 0 bridgehead atoms. The van der Waals surface area contributed by atoms with Crippen molar-refractivity contribution in [2.75, 3.05) is 6.61 Å². The second-order valence-electron chi connectivity index (χ2n) is 4.16. The zero-order valence-corrected chi connectivity index (χ0v) is 10.5. The third-order valence-corrected chi connectivity index (χ3v) is 2.86. The minimum atomic E-state index is -1.21. The number of hydrogen-bond acceptors (Lipinski definition) is 5. The molecule has 2 aromatic heterocycles. The Bertz CT molecular complexity index is 567. The summed E-state index contributed by atoms with van der Waals surface area (Å²) in [5.41, 5.74) is 1.16. The lowest BCUT2D eigenvalue weighted by molar-refractivity contribution is -0.147. The highest BCUT2D eigenvalue weighted by molar-refractivity contribution is 5.79. The minimum Gasteiger partial charge on any atom is -0.466 e. The van der Waals surface area contributed by atoms with Gasteiger partial charge in [0.2, 0.25) is 0 Å². The van der Waals surface area contributed by atoms with Crippen LogP contribution in [0.3, 0.4) is 0 Å². The predicted molar refractivity (Wildman–Crippen MR) is 68.3 cm³/mol. The molecule has 6 nitrogen and oxygen atoms in total. The maximum absolute atomic E-state index is 11.3. The highest BCUT2D eigenvalue weighted by Crippen LogP contribution is 2.25. The molecule has 0 spiro atoms. The fourth-order valence-corrected chi connectivity index (χ4v) is 1.95. The van der Waals surface area contributed by atoms with E-state index in [1.54, 1.807) is 25.3 Å². The molecule has 0 aliphatic carbocycles. The van der Waals surface area contributed by atoms with E-state index in [-0.39, 0.29) is 13.0 Å². The number of aliphatic hydroxyl groups excluding tert-OH is 2. The fraction of sp³-hybridized carbons (Fsp3) is 0.385. The van der Waals surface area contributed by atoms with Crippen LogP contribution < -0.4 is 0 Å². The van der Waals surface area contributed by atoms with Crippen molar-refractivity contribution in [2.24, 2.45) is 0 Å². The zero-order chi connectivity index (χ0) is 13.8. The second-order valence-corrected chi connectivity index (χ2v) is 4.16. The van der Waals surface area contributed by atoms with Crippen molar-refractivity contribution >= 4 is 17.0 Å². The Balaban J connectivity index is 2.16. The van der Waals surface area contributed by atoms with Crippen molar-refractivity contribution in [2.45, 2.75) is 25.6 Å². The average molecular weight is 264 g/mol. The quantitative estimate of drug-likeness (QED) is 0.698. The van der Waals surface area contributed by atoms with Crippen molar-refractivity contribution in [3.8, 4) is 0 Å². The summed E-state index contributed by atoms with van der Waals surface area (Å²) in [6, 6.07) is 3.38. The van der Waals surface area contributed by atoms with Gasteiger partial charge in [-0.2, -0.15) is 0 Å². The highest BCUT2D eigenvalue weighted by Gasteiger charge is 2.23. The number of nitrogens with zero attached hydrogens (tertiary/aromatic N) is 1. The lowest BCUT2D eigenvalue weighted by Crippen LogP contribution is -2.23. The molecule has 2 heterocycles. The smallest absolute Gasteiger partial charge is 0.308 e. The van der Waals surface area contributed by atoms with Gasteiger partial charge < -0.3 is 19.9 Å². The van der Waals surface area contributed by atoms with Gasteiger partial charge in [0.1, 0.15) is 11.8 Å². The van der Waals surface area contributed by atoms with Gasteiger partial charge in [-0.15, -0.1) is 0 Å². The number of pyridine rings is 1. The average Bonchev–Trinajstić information content (AvgIpc) is 2.86. The van der Waals surface area contributed by atoms with Gasteiger partial charge in [0.15, 0.2) is 0 Å². The molecule has 2 rings (SSSR count). The Kier molecular flexibility index (Phi) is 4.13. The molecule has 0 aliphatic heterocycles. The number of carbonyl (C=O) groups is 1.